The van der Waals surface area contributed by atoms with Gasteiger partial charge in [0, 0.05) is 30.6 Å². The van der Waals surface area contributed by atoms with Gasteiger partial charge < -0.3 is 24.6 Å². The molecule has 1 aliphatic carbocycles. The summed E-state index contributed by atoms with van der Waals surface area (Å²) < 4.78 is 18.6. The van der Waals surface area contributed by atoms with Gasteiger partial charge in [0.2, 0.25) is 5.91 Å². The molecule has 5 unspecified atom stereocenters. The maximum Gasteiger partial charge on any atom is 0.408 e. The number of ether oxygens (including phenoxy) is 3. The van der Waals surface area contributed by atoms with Crippen LogP contribution in [0.2, 0.25) is 0 Å². The first-order valence-electron chi connectivity index (χ1n) is 17.1. The number of aliphatic hydroxyl groups is 1. The number of hydrogen-bond donors (Lipinski definition) is 2. The number of carbonyl (C=O) groups is 3. The second kappa shape index (κ2) is 15.9. The van der Waals surface area contributed by atoms with Gasteiger partial charge in [0.1, 0.15) is 12.6 Å². The Hall–Kier alpha value is -4.35. The van der Waals surface area contributed by atoms with Gasteiger partial charge >= 0.3 is 6.09 Å². The van der Waals surface area contributed by atoms with Gasteiger partial charge in [0.15, 0.2) is 6.29 Å². The summed E-state index contributed by atoms with van der Waals surface area (Å²) in [6.07, 6.45) is 4.74. The van der Waals surface area contributed by atoms with Crippen LogP contribution in [0, 0.1) is 5.92 Å². The van der Waals surface area contributed by atoms with E-state index >= 15 is 0 Å². The number of rotatable bonds is 12. The highest BCUT2D eigenvalue weighted by Gasteiger charge is 2.42. The Morgan fingerprint density at radius 2 is 1.67 bits per heavy atom. The minimum absolute atomic E-state index is 0.0306. The summed E-state index contributed by atoms with van der Waals surface area (Å²) in [5, 5.41) is 12.1. The monoisotopic (exact) mass is 667 g/mol. The van der Waals surface area contributed by atoms with E-state index in [2.05, 4.69) is 23.7 Å². The van der Waals surface area contributed by atoms with E-state index in [0.717, 1.165) is 40.2 Å². The van der Waals surface area contributed by atoms with E-state index in [1.807, 2.05) is 72.8 Å². The fourth-order valence-corrected chi connectivity index (χ4v) is 7.07. The van der Waals surface area contributed by atoms with Crippen LogP contribution in [0.1, 0.15) is 73.7 Å². The first-order valence-corrected chi connectivity index (χ1v) is 17.1. The first-order chi connectivity index (χ1) is 23.8. The molecule has 2 aliphatic heterocycles. The summed E-state index contributed by atoms with van der Waals surface area (Å²) in [6, 6.07) is 23.6. The molecule has 3 amide bonds. The lowest BCUT2D eigenvalue weighted by molar-refractivity contribution is -0.276. The number of aliphatic hydroxyl groups excluding tert-OH is 1. The summed E-state index contributed by atoms with van der Waals surface area (Å²) in [5.74, 6) is -0.896. The van der Waals surface area contributed by atoms with Crippen LogP contribution in [-0.4, -0.2) is 59.2 Å². The number of benzene rings is 3. The van der Waals surface area contributed by atoms with Gasteiger partial charge in [-0.2, -0.15) is 0 Å². The summed E-state index contributed by atoms with van der Waals surface area (Å²) in [7, 11) is 0. The van der Waals surface area contributed by atoms with Gasteiger partial charge in [-0.15, -0.1) is 6.58 Å². The molecule has 0 aromatic heterocycles. The van der Waals surface area contributed by atoms with E-state index in [0.29, 0.717) is 11.7 Å². The Balaban J connectivity index is 1.16. The highest BCUT2D eigenvalue weighted by Crippen LogP contribution is 2.42. The van der Waals surface area contributed by atoms with Crippen molar-refractivity contribution in [3.05, 3.63) is 114 Å². The Labute approximate surface area is 287 Å². The molecule has 10 heteroatoms. The number of amides is 3. The molecule has 258 valence electrons. The molecule has 0 spiro atoms. The normalized spacial score (nSPS) is 24.4. The summed E-state index contributed by atoms with van der Waals surface area (Å²) in [5.41, 5.74) is 3.81. The fourth-order valence-electron chi connectivity index (χ4n) is 7.07. The number of nitrogens with zero attached hydrogens (tertiary/aromatic N) is 2. The molecule has 2 saturated heterocycles. The van der Waals surface area contributed by atoms with Crippen LogP contribution in [0.5, 0.6) is 0 Å². The minimum Gasteiger partial charge on any atom is -0.445 e. The maximum absolute atomic E-state index is 13.3. The zero-order valence-electron chi connectivity index (χ0n) is 27.9. The Morgan fingerprint density at radius 3 is 2.35 bits per heavy atom. The van der Waals surface area contributed by atoms with Crippen molar-refractivity contribution in [3.63, 3.8) is 0 Å². The molecule has 3 aromatic carbocycles. The van der Waals surface area contributed by atoms with Gasteiger partial charge in [-0.25, -0.2) is 9.69 Å². The standard InChI is InChI=1S/C39H45N3O7/c1-3-21-41(31-11-7-8-12-31)23-34-26(2)36(29-15-13-27(24-43)14-16-29)49-38(48-34)30-17-19-32(20-18-30)42-35(44)22-33(37(42)45)40-39(46)47-25-28-9-5-4-6-10-28/h3-6,9-10,13-20,26,31,33-34,36,38,43H,1,7-8,11-12,21-25H2,2H3,(H,40,46). The number of carbonyl (C=O) groups excluding carboxylic acids is 3. The molecule has 3 aromatic rings. The van der Waals surface area contributed by atoms with Crippen LogP contribution in [0.15, 0.2) is 91.5 Å². The van der Waals surface area contributed by atoms with Crippen molar-refractivity contribution in [1.82, 2.24) is 10.2 Å². The highest BCUT2D eigenvalue weighted by molar-refractivity contribution is 6.22. The van der Waals surface area contributed by atoms with Gasteiger partial charge in [-0.3, -0.25) is 14.5 Å². The van der Waals surface area contributed by atoms with Crippen LogP contribution in [0.4, 0.5) is 10.5 Å². The second-order valence-corrected chi connectivity index (χ2v) is 13.1. The Bertz CT molecular complexity index is 1590. The Morgan fingerprint density at radius 1 is 0.980 bits per heavy atom. The van der Waals surface area contributed by atoms with E-state index < -0.39 is 30.2 Å². The van der Waals surface area contributed by atoms with Gasteiger partial charge in [0.25, 0.3) is 5.91 Å². The minimum atomic E-state index is -1.01. The number of anilines is 1. The molecule has 1 saturated carbocycles. The smallest absolute Gasteiger partial charge is 0.408 e. The zero-order valence-corrected chi connectivity index (χ0v) is 27.9. The van der Waals surface area contributed by atoms with E-state index in [1.54, 1.807) is 12.1 Å². The number of nitrogens with one attached hydrogen (secondary N) is 1. The average Bonchev–Trinajstić information content (AvgIpc) is 3.76. The molecule has 2 heterocycles. The van der Waals surface area contributed by atoms with Gasteiger partial charge in [-0.05, 0) is 41.7 Å². The fraction of sp³-hybridized carbons (Fsp3) is 0.410. The number of imide groups is 1. The van der Waals surface area contributed by atoms with E-state index in [1.165, 1.54) is 25.7 Å². The largest absolute Gasteiger partial charge is 0.445 e. The molecule has 2 N–H and O–H groups in total. The third-order valence-electron chi connectivity index (χ3n) is 9.82. The van der Waals surface area contributed by atoms with Crippen molar-refractivity contribution in [2.45, 2.75) is 82.8 Å². The predicted octanol–water partition coefficient (Wildman–Crippen LogP) is 5.96. The Kier molecular flexibility index (Phi) is 11.2. The van der Waals surface area contributed by atoms with Gasteiger partial charge in [-0.1, -0.05) is 92.6 Å². The predicted molar refractivity (Wildman–Crippen MR) is 184 cm³/mol. The number of alkyl carbamates (subject to hydrolysis) is 1. The van der Waals surface area contributed by atoms with Crippen LogP contribution in [0.25, 0.3) is 0 Å². The average molecular weight is 668 g/mol. The molecular formula is C39H45N3O7. The van der Waals surface area contributed by atoms with Crippen LogP contribution in [-0.2, 0) is 37.0 Å². The van der Waals surface area contributed by atoms with Crippen LogP contribution < -0.4 is 10.2 Å². The molecule has 0 bridgehead atoms. The van der Waals surface area contributed by atoms with Crippen molar-refractivity contribution in [3.8, 4) is 0 Å². The van der Waals surface area contributed by atoms with E-state index in [9.17, 15) is 19.5 Å². The summed E-state index contributed by atoms with van der Waals surface area (Å²) in [4.78, 5) is 42.2. The lowest BCUT2D eigenvalue weighted by Gasteiger charge is -2.43. The highest BCUT2D eigenvalue weighted by atomic mass is 16.7. The van der Waals surface area contributed by atoms with Crippen molar-refractivity contribution in [1.29, 1.82) is 0 Å². The van der Waals surface area contributed by atoms with E-state index in [4.69, 9.17) is 14.2 Å². The van der Waals surface area contributed by atoms with Crippen LogP contribution in [0.3, 0.4) is 0 Å². The van der Waals surface area contributed by atoms with E-state index in [-0.39, 0.29) is 37.8 Å². The van der Waals surface area contributed by atoms with Crippen molar-refractivity contribution >= 4 is 23.6 Å². The first kappa shape index (κ1) is 34.5. The van der Waals surface area contributed by atoms with Crippen molar-refractivity contribution in [2.75, 3.05) is 18.0 Å². The molecule has 6 rings (SSSR count). The van der Waals surface area contributed by atoms with Crippen LogP contribution >= 0.6 is 0 Å². The van der Waals surface area contributed by atoms with Gasteiger partial charge in [0.05, 0.1) is 30.9 Å². The topological polar surface area (TPSA) is 118 Å². The maximum atomic E-state index is 13.3. The summed E-state index contributed by atoms with van der Waals surface area (Å²) in [6.45, 7) is 7.71. The molecule has 5 atom stereocenters. The summed E-state index contributed by atoms with van der Waals surface area (Å²) >= 11 is 0. The SMILES string of the molecule is C=CCN(CC1OC(c2ccc(N3C(=O)CC(NC(=O)OCc4ccccc4)C3=O)cc2)OC(c2ccc(CO)cc2)C1C)C1CCCC1. The zero-order chi connectivity index (χ0) is 34.3. The van der Waals surface area contributed by atoms with Crippen molar-refractivity contribution < 1.29 is 33.7 Å². The molecule has 49 heavy (non-hydrogen) atoms. The number of hydrogen-bond acceptors (Lipinski definition) is 8. The lowest BCUT2D eigenvalue weighted by atomic mass is 9.89. The van der Waals surface area contributed by atoms with Crippen molar-refractivity contribution in [2.24, 2.45) is 5.92 Å². The third kappa shape index (κ3) is 8.11. The lowest BCUT2D eigenvalue weighted by Crippen LogP contribution is -2.47. The molecule has 0 radical (unpaired) electrons. The quantitative estimate of drug-likeness (QED) is 0.180. The second-order valence-electron chi connectivity index (χ2n) is 13.1. The molecular weight excluding hydrogens is 622 g/mol. The third-order valence-corrected chi connectivity index (χ3v) is 9.82. The molecule has 10 nitrogen and oxygen atoms in total. The molecule has 3 aliphatic rings. The molecule has 3 fully saturated rings.